The molecule has 2 N–H and O–H groups in total. The molecule has 1 atom stereocenters. The first-order chi connectivity index (χ1) is 6.34. The van der Waals surface area contributed by atoms with Crippen LogP contribution in [0.25, 0.3) is 0 Å². The molecule has 1 fully saturated rings. The Morgan fingerprint density at radius 3 is 3.15 bits per heavy atom. The van der Waals surface area contributed by atoms with Crippen molar-refractivity contribution in [3.8, 4) is 0 Å². The Morgan fingerprint density at radius 1 is 1.62 bits per heavy atom. The predicted molar refractivity (Wildman–Crippen MR) is 48.6 cm³/mol. The standard InChI is InChI=1S/C9H14N2O2/c12-9-5-8(13-11-9)4-7-2-1-3-10-6-7/h5,7,10H,1-4,6H2,(H,11,12). The lowest BCUT2D eigenvalue weighted by atomic mass is 9.95. The van der Waals surface area contributed by atoms with Gasteiger partial charge >= 0.3 is 0 Å². The summed E-state index contributed by atoms with van der Waals surface area (Å²) < 4.78 is 5.00. The fourth-order valence-electron chi connectivity index (χ4n) is 1.80. The highest BCUT2D eigenvalue weighted by Crippen LogP contribution is 2.14. The van der Waals surface area contributed by atoms with Crippen molar-refractivity contribution in [3.05, 3.63) is 22.2 Å². The van der Waals surface area contributed by atoms with Gasteiger partial charge in [0.2, 0.25) is 0 Å². The molecule has 0 saturated carbocycles. The number of aromatic amines is 1. The monoisotopic (exact) mass is 182 g/mol. The number of hydrogen-bond donors (Lipinski definition) is 2. The molecule has 4 heteroatoms. The van der Waals surface area contributed by atoms with E-state index >= 15 is 0 Å². The van der Waals surface area contributed by atoms with Gasteiger partial charge in [-0.25, -0.2) is 0 Å². The predicted octanol–water partition coefficient (Wildman–Crippen LogP) is 0.510. The average Bonchev–Trinajstić information content (AvgIpc) is 2.53. The molecule has 1 aliphatic rings. The molecule has 13 heavy (non-hydrogen) atoms. The lowest BCUT2D eigenvalue weighted by Gasteiger charge is -2.21. The van der Waals surface area contributed by atoms with Crippen molar-refractivity contribution in [1.29, 1.82) is 0 Å². The Balaban J connectivity index is 1.93. The maximum Gasteiger partial charge on any atom is 0.280 e. The lowest BCUT2D eigenvalue weighted by molar-refractivity contribution is 0.319. The van der Waals surface area contributed by atoms with Gasteiger partial charge in [0.05, 0.1) is 0 Å². The molecule has 0 aromatic carbocycles. The normalized spacial score (nSPS) is 23.2. The quantitative estimate of drug-likeness (QED) is 0.700. The molecule has 0 aliphatic carbocycles. The Morgan fingerprint density at radius 2 is 2.54 bits per heavy atom. The molecule has 1 saturated heterocycles. The van der Waals surface area contributed by atoms with E-state index in [1.807, 2.05) is 0 Å². The first-order valence-electron chi connectivity index (χ1n) is 4.73. The van der Waals surface area contributed by atoms with Crippen molar-refractivity contribution < 1.29 is 4.52 Å². The molecular weight excluding hydrogens is 168 g/mol. The smallest absolute Gasteiger partial charge is 0.280 e. The van der Waals surface area contributed by atoms with Crippen molar-refractivity contribution in [1.82, 2.24) is 10.5 Å². The molecular formula is C9H14N2O2. The Labute approximate surface area is 76.3 Å². The van der Waals surface area contributed by atoms with E-state index in [-0.39, 0.29) is 5.56 Å². The fourth-order valence-corrected chi connectivity index (χ4v) is 1.80. The van der Waals surface area contributed by atoms with Crippen LogP contribution in [-0.2, 0) is 6.42 Å². The maximum atomic E-state index is 10.8. The molecule has 1 aromatic heterocycles. The zero-order valence-corrected chi connectivity index (χ0v) is 7.51. The number of hydrogen-bond acceptors (Lipinski definition) is 3. The fraction of sp³-hybridized carbons (Fsp3) is 0.667. The summed E-state index contributed by atoms with van der Waals surface area (Å²) in [5.74, 6) is 1.39. The third kappa shape index (κ3) is 2.21. The molecule has 1 unspecified atom stereocenters. The molecule has 0 bridgehead atoms. The summed E-state index contributed by atoms with van der Waals surface area (Å²) in [6.45, 7) is 2.16. The summed E-state index contributed by atoms with van der Waals surface area (Å²) in [5.41, 5.74) is -0.140. The summed E-state index contributed by atoms with van der Waals surface area (Å²) in [6.07, 6.45) is 3.31. The van der Waals surface area contributed by atoms with Crippen LogP contribution in [0, 0.1) is 5.92 Å². The SMILES string of the molecule is O=c1cc(CC2CCCNC2)o[nH]1. The first-order valence-corrected chi connectivity index (χ1v) is 4.73. The van der Waals surface area contributed by atoms with Crippen LogP contribution >= 0.6 is 0 Å². The number of nitrogens with one attached hydrogen (secondary N) is 2. The summed E-state index contributed by atoms with van der Waals surface area (Å²) >= 11 is 0. The third-order valence-corrected chi connectivity index (χ3v) is 2.46. The van der Waals surface area contributed by atoms with E-state index in [2.05, 4.69) is 10.5 Å². The van der Waals surface area contributed by atoms with Crippen LogP contribution in [0.15, 0.2) is 15.4 Å². The molecule has 1 aromatic rings. The van der Waals surface area contributed by atoms with Gasteiger partial charge < -0.3 is 9.84 Å². The zero-order chi connectivity index (χ0) is 9.10. The van der Waals surface area contributed by atoms with E-state index in [9.17, 15) is 4.79 Å². The van der Waals surface area contributed by atoms with Crippen molar-refractivity contribution in [2.75, 3.05) is 13.1 Å². The van der Waals surface area contributed by atoms with Crippen LogP contribution in [0.2, 0.25) is 0 Å². The zero-order valence-electron chi connectivity index (χ0n) is 7.51. The van der Waals surface area contributed by atoms with E-state index in [4.69, 9.17) is 4.52 Å². The number of aromatic nitrogens is 1. The van der Waals surface area contributed by atoms with Gasteiger partial charge in [-0.15, -0.1) is 0 Å². The van der Waals surface area contributed by atoms with Gasteiger partial charge in [0.25, 0.3) is 5.56 Å². The highest BCUT2D eigenvalue weighted by atomic mass is 16.5. The van der Waals surface area contributed by atoms with Gasteiger partial charge in [-0.05, 0) is 31.8 Å². The van der Waals surface area contributed by atoms with Crippen LogP contribution in [0.4, 0.5) is 0 Å². The molecule has 0 radical (unpaired) electrons. The summed E-state index contributed by atoms with van der Waals surface area (Å²) in [4.78, 5) is 10.8. The van der Waals surface area contributed by atoms with E-state index in [0.29, 0.717) is 5.92 Å². The molecule has 0 amide bonds. The Kier molecular flexibility index (Phi) is 2.49. The lowest BCUT2D eigenvalue weighted by Crippen LogP contribution is -2.30. The molecule has 72 valence electrons. The highest BCUT2D eigenvalue weighted by molar-refractivity contribution is 4.95. The van der Waals surface area contributed by atoms with Gasteiger partial charge in [0.1, 0.15) is 5.76 Å². The molecule has 0 spiro atoms. The van der Waals surface area contributed by atoms with E-state index in [1.165, 1.54) is 18.9 Å². The van der Waals surface area contributed by atoms with Crippen molar-refractivity contribution in [2.24, 2.45) is 5.92 Å². The van der Waals surface area contributed by atoms with Crippen LogP contribution in [0.5, 0.6) is 0 Å². The van der Waals surface area contributed by atoms with Gasteiger partial charge in [-0.2, -0.15) is 5.16 Å². The first kappa shape index (κ1) is 8.56. The van der Waals surface area contributed by atoms with Crippen LogP contribution in [0.1, 0.15) is 18.6 Å². The molecule has 2 rings (SSSR count). The minimum Gasteiger partial charge on any atom is -0.384 e. The van der Waals surface area contributed by atoms with Gasteiger partial charge in [-0.1, -0.05) is 0 Å². The second-order valence-corrected chi connectivity index (χ2v) is 3.60. The van der Waals surface area contributed by atoms with E-state index < -0.39 is 0 Å². The van der Waals surface area contributed by atoms with Crippen molar-refractivity contribution >= 4 is 0 Å². The van der Waals surface area contributed by atoms with E-state index in [0.717, 1.165) is 25.3 Å². The van der Waals surface area contributed by atoms with Crippen molar-refractivity contribution in [2.45, 2.75) is 19.3 Å². The maximum absolute atomic E-state index is 10.8. The summed E-state index contributed by atoms with van der Waals surface area (Å²) in [6, 6.07) is 1.54. The van der Waals surface area contributed by atoms with E-state index in [1.54, 1.807) is 0 Å². The average molecular weight is 182 g/mol. The third-order valence-electron chi connectivity index (χ3n) is 2.46. The molecule has 2 heterocycles. The Hall–Kier alpha value is -1.03. The van der Waals surface area contributed by atoms with Crippen molar-refractivity contribution in [3.63, 3.8) is 0 Å². The number of rotatable bonds is 2. The topological polar surface area (TPSA) is 58.0 Å². The van der Waals surface area contributed by atoms with Crippen LogP contribution in [-0.4, -0.2) is 18.2 Å². The summed E-state index contributed by atoms with van der Waals surface area (Å²) in [7, 11) is 0. The second kappa shape index (κ2) is 3.79. The number of piperidine rings is 1. The molecule has 4 nitrogen and oxygen atoms in total. The number of H-pyrrole nitrogens is 1. The van der Waals surface area contributed by atoms with Crippen LogP contribution < -0.4 is 10.9 Å². The van der Waals surface area contributed by atoms with Gasteiger partial charge in [0.15, 0.2) is 0 Å². The Bertz CT molecular complexity index is 309. The second-order valence-electron chi connectivity index (χ2n) is 3.60. The van der Waals surface area contributed by atoms with Gasteiger partial charge in [0, 0.05) is 12.5 Å². The molecule has 1 aliphatic heterocycles. The van der Waals surface area contributed by atoms with Crippen LogP contribution in [0.3, 0.4) is 0 Å². The highest BCUT2D eigenvalue weighted by Gasteiger charge is 2.15. The minimum absolute atomic E-state index is 0.140. The summed E-state index contributed by atoms with van der Waals surface area (Å²) in [5, 5.41) is 5.64. The largest absolute Gasteiger partial charge is 0.384 e. The van der Waals surface area contributed by atoms with Gasteiger partial charge in [-0.3, -0.25) is 4.79 Å². The minimum atomic E-state index is -0.140.